The van der Waals surface area contributed by atoms with Gasteiger partial charge in [-0.3, -0.25) is 4.79 Å². The number of para-hydroxylation sites is 1. The third kappa shape index (κ3) is 3.31. The predicted octanol–water partition coefficient (Wildman–Crippen LogP) is 1.74. The Kier molecular flexibility index (Phi) is 4.40. The van der Waals surface area contributed by atoms with Crippen molar-refractivity contribution in [2.45, 2.75) is 19.1 Å². The summed E-state index contributed by atoms with van der Waals surface area (Å²) in [5.41, 5.74) is 1.90. The Morgan fingerprint density at radius 3 is 2.92 bits per heavy atom. The van der Waals surface area contributed by atoms with E-state index in [2.05, 4.69) is 15.6 Å². The van der Waals surface area contributed by atoms with Gasteiger partial charge in [0.15, 0.2) is 11.4 Å². The third-order valence-corrected chi connectivity index (χ3v) is 4.17. The molecule has 0 bridgehead atoms. The molecule has 134 valence electrons. The minimum atomic E-state index is -0.306. The van der Waals surface area contributed by atoms with E-state index in [1.54, 1.807) is 24.0 Å². The molecular formula is C18H18N4O4. The fourth-order valence-corrected chi connectivity index (χ4v) is 2.79. The first-order chi connectivity index (χ1) is 12.7. The third-order valence-electron chi connectivity index (χ3n) is 4.17. The van der Waals surface area contributed by atoms with E-state index in [1.807, 2.05) is 30.3 Å². The average molecular weight is 354 g/mol. The van der Waals surface area contributed by atoms with Crippen molar-refractivity contribution in [2.24, 2.45) is 0 Å². The lowest BCUT2D eigenvalue weighted by molar-refractivity contribution is 0.0894. The second-order valence-electron chi connectivity index (χ2n) is 6.08. The molecule has 1 saturated heterocycles. The van der Waals surface area contributed by atoms with E-state index in [-0.39, 0.29) is 23.7 Å². The highest BCUT2D eigenvalue weighted by molar-refractivity contribution is 5.93. The lowest BCUT2D eigenvalue weighted by Crippen LogP contribution is -2.45. The zero-order valence-electron chi connectivity index (χ0n) is 14.2. The molecule has 1 fully saturated rings. The lowest BCUT2D eigenvalue weighted by Gasteiger charge is -2.19. The van der Waals surface area contributed by atoms with Crippen LogP contribution in [-0.4, -0.2) is 46.2 Å². The first kappa shape index (κ1) is 16.3. The van der Waals surface area contributed by atoms with Gasteiger partial charge in [0.25, 0.3) is 5.91 Å². The molecule has 3 heterocycles. The fraction of sp³-hybridized carbons (Fsp3) is 0.278. The minimum Gasteiger partial charge on any atom is -0.482 e. The Bertz CT molecular complexity index is 890. The summed E-state index contributed by atoms with van der Waals surface area (Å²) in [7, 11) is 0. The van der Waals surface area contributed by atoms with Gasteiger partial charge in [-0.1, -0.05) is 23.4 Å². The van der Waals surface area contributed by atoms with Crippen LogP contribution in [0.15, 0.2) is 53.5 Å². The van der Waals surface area contributed by atoms with E-state index < -0.39 is 0 Å². The minimum absolute atomic E-state index is 0.271. The van der Waals surface area contributed by atoms with Crippen molar-refractivity contribution in [1.82, 2.24) is 20.3 Å². The van der Waals surface area contributed by atoms with Gasteiger partial charge in [0, 0.05) is 5.56 Å². The Morgan fingerprint density at radius 1 is 1.31 bits per heavy atom. The summed E-state index contributed by atoms with van der Waals surface area (Å²) in [5, 5.41) is 10.9. The van der Waals surface area contributed by atoms with Crippen molar-refractivity contribution in [3.63, 3.8) is 0 Å². The molecule has 1 N–H and O–H groups in total. The smallest absolute Gasteiger partial charge is 0.274 e. The van der Waals surface area contributed by atoms with Crippen molar-refractivity contribution in [3.05, 3.63) is 60.2 Å². The van der Waals surface area contributed by atoms with Crippen molar-refractivity contribution in [2.75, 3.05) is 13.2 Å². The van der Waals surface area contributed by atoms with Gasteiger partial charge in [-0.25, -0.2) is 4.68 Å². The van der Waals surface area contributed by atoms with Crippen LogP contribution in [0.4, 0.5) is 0 Å². The highest BCUT2D eigenvalue weighted by Gasteiger charge is 2.32. The monoisotopic (exact) mass is 354 g/mol. The Labute approximate surface area is 149 Å². The molecule has 0 spiro atoms. The maximum atomic E-state index is 12.3. The van der Waals surface area contributed by atoms with Crippen LogP contribution in [0.2, 0.25) is 0 Å². The number of nitrogens with one attached hydrogen (secondary N) is 1. The van der Waals surface area contributed by atoms with Crippen molar-refractivity contribution in [1.29, 1.82) is 0 Å². The molecule has 8 nitrogen and oxygen atoms in total. The van der Waals surface area contributed by atoms with Gasteiger partial charge in [0.05, 0.1) is 37.3 Å². The molecule has 0 unspecified atom stereocenters. The number of hydrogen-bond donors (Lipinski definition) is 1. The largest absolute Gasteiger partial charge is 0.482 e. The van der Waals surface area contributed by atoms with Gasteiger partial charge in [-0.2, -0.15) is 5.10 Å². The molecule has 8 heteroatoms. The second-order valence-corrected chi connectivity index (χ2v) is 6.08. The molecule has 2 atom stereocenters. The number of carbonyl (C=O) groups excluding carboxylic acids is 1. The zero-order valence-corrected chi connectivity index (χ0v) is 14.2. The quantitative estimate of drug-likeness (QED) is 0.750. The van der Waals surface area contributed by atoms with Gasteiger partial charge in [-0.15, -0.1) is 0 Å². The summed E-state index contributed by atoms with van der Waals surface area (Å²) < 4.78 is 18.0. The van der Waals surface area contributed by atoms with E-state index >= 15 is 0 Å². The number of hydrogen-bond acceptors (Lipinski definition) is 6. The highest BCUT2D eigenvalue weighted by atomic mass is 16.5. The van der Waals surface area contributed by atoms with E-state index in [9.17, 15) is 4.79 Å². The van der Waals surface area contributed by atoms with Crippen LogP contribution in [0.5, 0.6) is 5.75 Å². The van der Waals surface area contributed by atoms with Crippen molar-refractivity contribution < 1.29 is 18.8 Å². The number of ether oxygens (including phenoxy) is 2. The van der Waals surface area contributed by atoms with Crippen LogP contribution in [0.25, 0.3) is 5.69 Å². The standard InChI is InChI=1S/C18H18N4O4/c1-12-9-25-21-17(12)18(23)20-15-10-24-11-16(15)26-14-7-19-22(8-14)13-5-3-2-4-6-13/h2-9,15-16H,10-11H2,1H3,(H,20,23)/t15-,16+/m0/s1. The van der Waals surface area contributed by atoms with Crippen molar-refractivity contribution >= 4 is 5.91 Å². The first-order valence-corrected chi connectivity index (χ1v) is 8.27. The van der Waals surface area contributed by atoms with Crippen LogP contribution in [0.3, 0.4) is 0 Å². The van der Waals surface area contributed by atoms with Crippen LogP contribution in [-0.2, 0) is 4.74 Å². The number of rotatable bonds is 5. The van der Waals surface area contributed by atoms with Crippen molar-refractivity contribution in [3.8, 4) is 11.4 Å². The molecule has 2 aromatic heterocycles. The number of carbonyl (C=O) groups is 1. The summed E-state index contributed by atoms with van der Waals surface area (Å²) in [5.74, 6) is 0.307. The molecule has 1 aliphatic heterocycles. The Balaban J connectivity index is 1.42. The fourth-order valence-electron chi connectivity index (χ4n) is 2.79. The van der Waals surface area contributed by atoms with Gasteiger partial charge in [0.1, 0.15) is 12.4 Å². The van der Waals surface area contributed by atoms with Crippen LogP contribution in [0, 0.1) is 6.92 Å². The number of aryl methyl sites for hydroxylation is 1. The molecule has 3 aromatic rings. The van der Waals surface area contributed by atoms with Crippen LogP contribution >= 0.6 is 0 Å². The first-order valence-electron chi connectivity index (χ1n) is 8.27. The van der Waals surface area contributed by atoms with Crippen LogP contribution in [0.1, 0.15) is 16.1 Å². The van der Waals surface area contributed by atoms with E-state index in [4.69, 9.17) is 14.0 Å². The number of benzene rings is 1. The second kappa shape index (κ2) is 7.01. The molecule has 1 aromatic carbocycles. The molecule has 4 rings (SSSR count). The lowest BCUT2D eigenvalue weighted by atomic mass is 10.2. The molecule has 0 saturated carbocycles. The molecule has 1 aliphatic rings. The van der Waals surface area contributed by atoms with Gasteiger partial charge >= 0.3 is 0 Å². The Morgan fingerprint density at radius 2 is 2.15 bits per heavy atom. The summed E-state index contributed by atoms with van der Waals surface area (Å²) in [6, 6.07) is 9.47. The topological polar surface area (TPSA) is 91.4 Å². The average Bonchev–Trinajstić information content (AvgIpc) is 3.38. The molecule has 0 radical (unpaired) electrons. The maximum absolute atomic E-state index is 12.3. The van der Waals surface area contributed by atoms with E-state index in [1.165, 1.54) is 6.26 Å². The summed E-state index contributed by atoms with van der Waals surface area (Å²) in [6.45, 7) is 2.53. The van der Waals surface area contributed by atoms with E-state index in [0.29, 0.717) is 24.5 Å². The highest BCUT2D eigenvalue weighted by Crippen LogP contribution is 2.19. The molecule has 26 heavy (non-hydrogen) atoms. The van der Waals surface area contributed by atoms with Gasteiger partial charge in [0.2, 0.25) is 0 Å². The SMILES string of the molecule is Cc1conc1C(=O)N[C@H]1COC[C@H]1Oc1cnn(-c2ccccc2)c1. The summed E-state index contributed by atoms with van der Waals surface area (Å²) >= 11 is 0. The summed E-state index contributed by atoms with van der Waals surface area (Å²) in [6.07, 6.45) is 4.58. The number of aromatic nitrogens is 3. The number of amides is 1. The molecule has 0 aliphatic carbocycles. The molecule has 1 amide bonds. The normalized spacial score (nSPS) is 19.4. The maximum Gasteiger partial charge on any atom is 0.274 e. The Hall–Kier alpha value is -3.13. The van der Waals surface area contributed by atoms with Crippen LogP contribution < -0.4 is 10.1 Å². The predicted molar refractivity (Wildman–Crippen MR) is 91.3 cm³/mol. The van der Waals surface area contributed by atoms with Gasteiger partial charge < -0.3 is 19.3 Å². The van der Waals surface area contributed by atoms with Gasteiger partial charge in [-0.05, 0) is 19.1 Å². The molecular weight excluding hydrogens is 336 g/mol. The number of nitrogens with zero attached hydrogens (tertiary/aromatic N) is 3. The summed E-state index contributed by atoms with van der Waals surface area (Å²) in [4.78, 5) is 12.3. The zero-order chi connectivity index (χ0) is 17.9. The van der Waals surface area contributed by atoms with E-state index in [0.717, 1.165) is 5.69 Å².